The van der Waals surface area contributed by atoms with E-state index in [1.807, 2.05) is 0 Å². The largest absolute Gasteiger partial charge is 0.368 e. The Balaban J connectivity index is 2.27. The second-order valence-electron chi connectivity index (χ2n) is 5.64. The number of benzene rings is 1. The van der Waals surface area contributed by atoms with Crippen LogP contribution in [0.4, 0.5) is 4.39 Å². The summed E-state index contributed by atoms with van der Waals surface area (Å²) in [6, 6.07) is 5.56. The predicted molar refractivity (Wildman–Crippen MR) is 97.3 cm³/mol. The molecule has 0 fully saturated rings. The lowest BCUT2D eigenvalue weighted by molar-refractivity contribution is -0.134. The number of aryl methyl sites for hydroxylation is 1. The summed E-state index contributed by atoms with van der Waals surface area (Å²) in [5, 5.41) is 4.48. The van der Waals surface area contributed by atoms with Crippen molar-refractivity contribution in [1.29, 1.82) is 0 Å². The number of halogens is 2. The van der Waals surface area contributed by atoms with Crippen LogP contribution in [0.25, 0.3) is 11.8 Å². The molecule has 8 nitrogen and oxygen atoms in total. The van der Waals surface area contributed by atoms with Gasteiger partial charge >= 0.3 is 0 Å². The molecule has 142 valence electrons. The molecular formula is C17H17ClFN5O3. The number of carbonyl (C=O) groups is 3. The first-order valence-electron chi connectivity index (χ1n) is 7.73. The topological polar surface area (TPSA) is 124 Å². The molecule has 0 spiro atoms. The van der Waals surface area contributed by atoms with Crippen molar-refractivity contribution in [3.8, 4) is 5.69 Å². The molecule has 0 aliphatic rings. The fraction of sp³-hybridized carbons (Fsp3) is 0.176. The minimum absolute atomic E-state index is 0.208. The van der Waals surface area contributed by atoms with Crippen LogP contribution in [0.1, 0.15) is 11.3 Å². The number of amides is 3. The van der Waals surface area contributed by atoms with Crippen molar-refractivity contribution >= 4 is 35.4 Å². The van der Waals surface area contributed by atoms with E-state index in [0.717, 1.165) is 11.0 Å². The Kier molecular flexibility index (Phi) is 6.30. The van der Waals surface area contributed by atoms with Crippen LogP contribution < -0.4 is 11.5 Å². The van der Waals surface area contributed by atoms with Crippen LogP contribution in [-0.4, -0.2) is 45.5 Å². The van der Waals surface area contributed by atoms with Gasteiger partial charge in [-0.05, 0) is 37.3 Å². The molecular weight excluding hydrogens is 377 g/mol. The first-order valence-corrected chi connectivity index (χ1v) is 8.11. The van der Waals surface area contributed by atoms with Gasteiger partial charge in [0.05, 0.1) is 11.4 Å². The molecule has 0 radical (unpaired) electrons. The van der Waals surface area contributed by atoms with Gasteiger partial charge in [0, 0.05) is 11.6 Å². The lowest BCUT2D eigenvalue weighted by atomic mass is 10.2. The van der Waals surface area contributed by atoms with Gasteiger partial charge in [0.25, 0.3) is 0 Å². The predicted octanol–water partition coefficient (Wildman–Crippen LogP) is 0.786. The quantitative estimate of drug-likeness (QED) is 0.674. The van der Waals surface area contributed by atoms with E-state index >= 15 is 0 Å². The van der Waals surface area contributed by atoms with E-state index in [2.05, 4.69) is 5.10 Å². The highest BCUT2D eigenvalue weighted by molar-refractivity contribution is 6.31. The zero-order valence-corrected chi connectivity index (χ0v) is 15.1. The van der Waals surface area contributed by atoms with E-state index in [9.17, 15) is 18.8 Å². The van der Waals surface area contributed by atoms with Crippen molar-refractivity contribution < 1.29 is 18.8 Å². The Morgan fingerprint density at radius 2 is 1.74 bits per heavy atom. The third-order valence-electron chi connectivity index (χ3n) is 3.52. The number of carbonyl (C=O) groups excluding carboxylic acids is 3. The number of hydrogen-bond acceptors (Lipinski definition) is 4. The van der Waals surface area contributed by atoms with E-state index in [0.29, 0.717) is 16.9 Å². The average Bonchev–Trinajstić information content (AvgIpc) is 2.86. The SMILES string of the molecule is Cc1nn(-c2ccc(F)cc2)c(Cl)c1C=CC(=O)N(CC(N)=O)CC(N)=O. The molecule has 1 aromatic carbocycles. The van der Waals surface area contributed by atoms with Crippen LogP contribution in [0, 0.1) is 12.7 Å². The van der Waals surface area contributed by atoms with Crippen molar-refractivity contribution in [2.24, 2.45) is 11.5 Å². The van der Waals surface area contributed by atoms with Gasteiger partial charge in [0.15, 0.2) is 0 Å². The number of primary amides is 2. The fourth-order valence-corrected chi connectivity index (χ4v) is 2.64. The summed E-state index contributed by atoms with van der Waals surface area (Å²) < 4.78 is 14.5. The second-order valence-corrected chi connectivity index (χ2v) is 6.00. The van der Waals surface area contributed by atoms with Crippen LogP contribution >= 0.6 is 11.6 Å². The van der Waals surface area contributed by atoms with Crippen LogP contribution in [-0.2, 0) is 14.4 Å². The first kappa shape index (κ1) is 20.1. The Bertz CT molecular complexity index is 892. The summed E-state index contributed by atoms with van der Waals surface area (Å²) in [5.74, 6) is -2.60. The van der Waals surface area contributed by atoms with Gasteiger partial charge in [0.1, 0.15) is 24.1 Å². The van der Waals surface area contributed by atoms with Crippen LogP contribution in [0.3, 0.4) is 0 Å². The molecule has 0 bridgehead atoms. The maximum Gasteiger partial charge on any atom is 0.247 e. The monoisotopic (exact) mass is 393 g/mol. The Morgan fingerprint density at radius 1 is 1.19 bits per heavy atom. The maximum atomic E-state index is 13.1. The Hall–Kier alpha value is -3.20. The van der Waals surface area contributed by atoms with E-state index in [1.54, 1.807) is 6.92 Å². The first-order chi connectivity index (χ1) is 12.7. The molecule has 1 heterocycles. The van der Waals surface area contributed by atoms with Gasteiger partial charge in [-0.1, -0.05) is 11.6 Å². The van der Waals surface area contributed by atoms with Gasteiger partial charge in [-0.2, -0.15) is 5.10 Å². The molecule has 2 aromatic rings. The third kappa shape index (κ3) is 5.14. The highest BCUT2D eigenvalue weighted by Crippen LogP contribution is 2.25. The van der Waals surface area contributed by atoms with Gasteiger partial charge in [-0.15, -0.1) is 0 Å². The van der Waals surface area contributed by atoms with E-state index in [-0.39, 0.29) is 5.15 Å². The highest BCUT2D eigenvalue weighted by atomic mass is 35.5. The van der Waals surface area contributed by atoms with Crippen LogP contribution in [0.2, 0.25) is 5.15 Å². The minimum Gasteiger partial charge on any atom is -0.368 e. The lowest BCUT2D eigenvalue weighted by Gasteiger charge is -2.17. The summed E-state index contributed by atoms with van der Waals surface area (Å²) in [6.07, 6.45) is 2.54. The summed E-state index contributed by atoms with van der Waals surface area (Å²) in [5.41, 5.74) is 11.7. The van der Waals surface area contributed by atoms with Gasteiger partial charge in [0.2, 0.25) is 17.7 Å². The molecule has 2 rings (SSSR count). The minimum atomic E-state index is -0.781. The Labute approximate surface area is 159 Å². The molecule has 0 aliphatic heterocycles. The summed E-state index contributed by atoms with van der Waals surface area (Å²) >= 11 is 6.32. The average molecular weight is 394 g/mol. The van der Waals surface area contributed by atoms with Crippen molar-refractivity contribution in [3.63, 3.8) is 0 Å². The molecule has 0 atom stereocenters. The zero-order chi connectivity index (χ0) is 20.1. The smallest absolute Gasteiger partial charge is 0.247 e. The van der Waals surface area contributed by atoms with E-state index < -0.39 is 36.6 Å². The van der Waals surface area contributed by atoms with Crippen molar-refractivity contribution in [2.75, 3.05) is 13.1 Å². The van der Waals surface area contributed by atoms with E-state index in [4.69, 9.17) is 23.1 Å². The van der Waals surface area contributed by atoms with E-state index in [1.165, 1.54) is 35.0 Å². The van der Waals surface area contributed by atoms with Crippen molar-refractivity contribution in [2.45, 2.75) is 6.92 Å². The second kappa shape index (κ2) is 8.45. The summed E-state index contributed by atoms with van der Waals surface area (Å²) in [7, 11) is 0. The molecule has 0 unspecified atom stereocenters. The molecule has 0 saturated heterocycles. The number of nitrogens with zero attached hydrogens (tertiary/aromatic N) is 3. The zero-order valence-electron chi connectivity index (χ0n) is 14.4. The van der Waals surface area contributed by atoms with Crippen molar-refractivity contribution in [3.05, 3.63) is 52.6 Å². The molecule has 10 heteroatoms. The molecule has 1 aromatic heterocycles. The molecule has 3 amide bonds. The summed E-state index contributed by atoms with van der Waals surface area (Å²) in [6.45, 7) is 0.780. The van der Waals surface area contributed by atoms with Gasteiger partial charge < -0.3 is 16.4 Å². The van der Waals surface area contributed by atoms with Gasteiger partial charge in [-0.25, -0.2) is 9.07 Å². The standard InChI is InChI=1S/C17H17ClFN5O3/c1-10-13(6-7-16(27)23(8-14(20)25)9-15(21)26)17(18)24(22-10)12-4-2-11(19)3-5-12/h2-7H,8-9H2,1H3,(H2,20,25)(H2,21,26). The number of rotatable bonds is 7. The lowest BCUT2D eigenvalue weighted by Crippen LogP contribution is -2.42. The van der Waals surface area contributed by atoms with Crippen LogP contribution in [0.15, 0.2) is 30.3 Å². The Morgan fingerprint density at radius 3 is 2.26 bits per heavy atom. The molecule has 0 aliphatic carbocycles. The van der Waals surface area contributed by atoms with Crippen LogP contribution in [0.5, 0.6) is 0 Å². The van der Waals surface area contributed by atoms with Crippen molar-refractivity contribution in [1.82, 2.24) is 14.7 Å². The number of aromatic nitrogens is 2. The fourth-order valence-electron chi connectivity index (χ4n) is 2.30. The molecule has 27 heavy (non-hydrogen) atoms. The number of hydrogen-bond donors (Lipinski definition) is 2. The third-order valence-corrected chi connectivity index (χ3v) is 3.88. The molecule has 4 N–H and O–H groups in total. The normalized spacial score (nSPS) is 10.9. The van der Waals surface area contributed by atoms with Gasteiger partial charge in [-0.3, -0.25) is 14.4 Å². The number of nitrogens with two attached hydrogens (primary N) is 2. The summed E-state index contributed by atoms with van der Waals surface area (Å²) in [4.78, 5) is 35.3. The maximum absolute atomic E-state index is 13.1. The highest BCUT2D eigenvalue weighted by Gasteiger charge is 2.17. The molecule has 0 saturated carbocycles.